The van der Waals surface area contributed by atoms with Gasteiger partial charge in [-0.3, -0.25) is 4.68 Å². The normalized spacial score (nSPS) is 14.6. The number of nitrogens with zero attached hydrogens (tertiary/aromatic N) is 3. The topological polar surface area (TPSA) is 21.1 Å². The minimum absolute atomic E-state index is 0.207. The molecule has 0 unspecified atom stereocenters. The fourth-order valence-corrected chi connectivity index (χ4v) is 4.67. The van der Waals surface area contributed by atoms with Gasteiger partial charge in [0.2, 0.25) is 0 Å². The Balaban J connectivity index is 1.70. The molecule has 9 heteroatoms. The summed E-state index contributed by atoms with van der Waals surface area (Å²) >= 11 is 0. The second-order valence-electron chi connectivity index (χ2n) is 8.65. The zero-order valence-electron chi connectivity index (χ0n) is 18.5. The summed E-state index contributed by atoms with van der Waals surface area (Å²) in [6.07, 6.45) is -1.44. The third-order valence-corrected chi connectivity index (χ3v) is 6.33. The Labute approximate surface area is 197 Å². The predicted molar refractivity (Wildman–Crippen MR) is 122 cm³/mol. The van der Waals surface area contributed by atoms with Crippen LogP contribution in [0.25, 0.3) is 22.2 Å². The zero-order valence-corrected chi connectivity index (χ0v) is 18.5. The minimum Gasteiger partial charge on any atom is -0.372 e. The lowest BCUT2D eigenvalue weighted by molar-refractivity contribution is -0.136. The molecule has 0 aliphatic carbocycles. The van der Waals surface area contributed by atoms with Gasteiger partial charge in [0.05, 0.1) is 17.8 Å². The fraction of sp³-hybridized carbons (Fsp3) is 0.269. The van der Waals surface area contributed by atoms with E-state index in [1.165, 1.54) is 12.1 Å². The molecule has 3 aromatic carbocycles. The molecule has 1 aliphatic rings. The third-order valence-electron chi connectivity index (χ3n) is 6.33. The number of rotatable bonds is 4. The molecule has 1 fully saturated rings. The molecule has 0 atom stereocenters. The lowest BCUT2D eigenvalue weighted by atomic mass is 10.0. The molecule has 0 N–H and O–H groups in total. The van der Waals surface area contributed by atoms with E-state index in [2.05, 4.69) is 10.00 Å². The summed E-state index contributed by atoms with van der Waals surface area (Å²) in [4.78, 5) is 2.20. The van der Waals surface area contributed by atoms with Gasteiger partial charge in [-0.1, -0.05) is 24.3 Å². The van der Waals surface area contributed by atoms with Crippen LogP contribution in [0.2, 0.25) is 0 Å². The zero-order chi connectivity index (χ0) is 24.7. The Hall–Kier alpha value is -3.49. The predicted octanol–water partition coefficient (Wildman–Crippen LogP) is 7.18. The minimum atomic E-state index is -4.67. The number of alkyl halides is 3. The average Bonchev–Trinajstić information content (AvgIpc) is 3.19. The molecule has 1 saturated heterocycles. The maximum absolute atomic E-state index is 14.5. The Morgan fingerprint density at radius 2 is 1.51 bits per heavy atom. The lowest BCUT2D eigenvalue weighted by Gasteiger charge is -2.29. The van der Waals surface area contributed by atoms with Gasteiger partial charge in [-0.25, -0.2) is 13.2 Å². The van der Waals surface area contributed by atoms with Crippen LogP contribution in [0.3, 0.4) is 0 Å². The number of anilines is 1. The first-order valence-electron chi connectivity index (χ1n) is 11.3. The van der Waals surface area contributed by atoms with Gasteiger partial charge in [-0.2, -0.15) is 18.3 Å². The van der Waals surface area contributed by atoms with Crippen LogP contribution in [0.5, 0.6) is 0 Å². The van der Waals surface area contributed by atoms with Crippen molar-refractivity contribution in [2.45, 2.75) is 32.0 Å². The SMILES string of the molecule is Fc1cc(F)c(Cn2nc3c(C(F)(F)F)cccc3c2-c2cccc(N3CCCCC3)c2)c(F)c1. The highest BCUT2D eigenvalue weighted by Crippen LogP contribution is 2.39. The van der Waals surface area contributed by atoms with Crippen LogP contribution in [0.15, 0.2) is 54.6 Å². The van der Waals surface area contributed by atoms with Crippen LogP contribution in [-0.4, -0.2) is 22.9 Å². The van der Waals surface area contributed by atoms with E-state index < -0.39 is 41.3 Å². The molecule has 0 radical (unpaired) electrons. The number of halogens is 6. The monoisotopic (exact) mass is 489 g/mol. The van der Waals surface area contributed by atoms with Crippen molar-refractivity contribution in [3.05, 3.63) is 83.2 Å². The van der Waals surface area contributed by atoms with Crippen molar-refractivity contribution < 1.29 is 26.3 Å². The molecule has 182 valence electrons. The molecule has 3 nitrogen and oxygen atoms in total. The first kappa shape index (κ1) is 23.3. The van der Waals surface area contributed by atoms with Gasteiger partial charge in [0, 0.05) is 47.4 Å². The van der Waals surface area contributed by atoms with Gasteiger partial charge in [0.15, 0.2) is 0 Å². The summed E-state index contributed by atoms with van der Waals surface area (Å²) in [5, 5.41) is 4.36. The Morgan fingerprint density at radius 1 is 0.829 bits per heavy atom. The molecule has 1 aliphatic heterocycles. The Kier molecular flexibility index (Phi) is 5.94. The van der Waals surface area contributed by atoms with E-state index in [1.807, 2.05) is 12.1 Å². The van der Waals surface area contributed by atoms with E-state index in [4.69, 9.17) is 0 Å². The average molecular weight is 489 g/mol. The van der Waals surface area contributed by atoms with Gasteiger partial charge in [0.25, 0.3) is 0 Å². The molecule has 2 heterocycles. The van der Waals surface area contributed by atoms with E-state index in [0.717, 1.165) is 48.8 Å². The fourth-order valence-electron chi connectivity index (χ4n) is 4.67. The lowest BCUT2D eigenvalue weighted by Crippen LogP contribution is -2.29. The van der Waals surface area contributed by atoms with Crippen LogP contribution < -0.4 is 4.90 Å². The second-order valence-corrected chi connectivity index (χ2v) is 8.65. The third kappa shape index (κ3) is 4.47. The summed E-state index contributed by atoms with van der Waals surface area (Å²) in [5.41, 5.74) is 0.0323. The highest BCUT2D eigenvalue weighted by molar-refractivity contribution is 5.95. The van der Waals surface area contributed by atoms with Crippen molar-refractivity contribution >= 4 is 16.6 Å². The van der Waals surface area contributed by atoms with Crippen molar-refractivity contribution in [1.82, 2.24) is 9.78 Å². The molecule has 5 rings (SSSR count). The summed E-state index contributed by atoms with van der Waals surface area (Å²) in [5.74, 6) is -3.35. The summed E-state index contributed by atoms with van der Waals surface area (Å²) in [7, 11) is 0. The van der Waals surface area contributed by atoms with Gasteiger partial charge in [0.1, 0.15) is 23.0 Å². The molecule has 1 aromatic heterocycles. The smallest absolute Gasteiger partial charge is 0.372 e. The van der Waals surface area contributed by atoms with Gasteiger partial charge in [-0.15, -0.1) is 0 Å². The van der Waals surface area contributed by atoms with Gasteiger partial charge < -0.3 is 4.90 Å². The molecule has 0 saturated carbocycles. The number of benzene rings is 3. The van der Waals surface area contributed by atoms with Crippen molar-refractivity contribution in [3.8, 4) is 11.3 Å². The largest absolute Gasteiger partial charge is 0.418 e. The quantitative estimate of drug-likeness (QED) is 0.283. The Morgan fingerprint density at radius 3 is 2.20 bits per heavy atom. The summed E-state index contributed by atoms with van der Waals surface area (Å²) in [6, 6.07) is 12.1. The number of fused-ring (bicyclic) bond motifs is 1. The molecule has 4 aromatic rings. The van der Waals surface area contributed by atoms with Crippen LogP contribution in [0.4, 0.5) is 32.0 Å². The van der Waals surface area contributed by atoms with E-state index in [0.29, 0.717) is 23.4 Å². The van der Waals surface area contributed by atoms with E-state index >= 15 is 0 Å². The first-order valence-corrected chi connectivity index (χ1v) is 11.3. The van der Waals surface area contributed by atoms with Crippen molar-refractivity contribution in [3.63, 3.8) is 0 Å². The first-order chi connectivity index (χ1) is 16.7. The van der Waals surface area contributed by atoms with Gasteiger partial charge >= 0.3 is 6.18 Å². The number of hydrogen-bond donors (Lipinski definition) is 0. The molecular formula is C26H21F6N3. The molecule has 0 spiro atoms. The molecular weight excluding hydrogens is 468 g/mol. The van der Waals surface area contributed by atoms with Crippen molar-refractivity contribution in [2.24, 2.45) is 0 Å². The molecule has 35 heavy (non-hydrogen) atoms. The Bertz CT molecular complexity index is 1360. The summed E-state index contributed by atoms with van der Waals surface area (Å²) in [6.45, 7) is 1.23. The van der Waals surface area contributed by atoms with Crippen LogP contribution in [0.1, 0.15) is 30.4 Å². The van der Waals surface area contributed by atoms with Crippen LogP contribution in [0, 0.1) is 17.5 Å². The van der Waals surface area contributed by atoms with Gasteiger partial charge in [-0.05, 0) is 37.5 Å². The summed E-state index contributed by atoms with van der Waals surface area (Å²) < 4.78 is 84.8. The van der Waals surface area contributed by atoms with Crippen LogP contribution in [-0.2, 0) is 12.7 Å². The van der Waals surface area contributed by atoms with E-state index in [1.54, 1.807) is 12.1 Å². The highest BCUT2D eigenvalue weighted by Gasteiger charge is 2.34. The second kappa shape index (κ2) is 8.94. The van der Waals surface area contributed by atoms with Crippen molar-refractivity contribution in [1.29, 1.82) is 0 Å². The van der Waals surface area contributed by atoms with Crippen molar-refractivity contribution in [2.75, 3.05) is 18.0 Å². The standard InChI is InChI=1S/C26H21F6N3/c27-17-13-22(28)20(23(29)14-17)15-35-25(19-8-5-9-21(24(19)33-35)26(30,31)32)16-6-4-7-18(12-16)34-10-2-1-3-11-34/h4-9,12-14H,1-3,10-11,15H2. The van der Waals surface area contributed by atoms with E-state index in [-0.39, 0.29) is 10.9 Å². The molecule has 0 amide bonds. The number of aromatic nitrogens is 2. The maximum atomic E-state index is 14.5. The molecule has 0 bridgehead atoms. The van der Waals surface area contributed by atoms with Crippen LogP contribution >= 0.6 is 0 Å². The highest BCUT2D eigenvalue weighted by atomic mass is 19.4. The number of hydrogen-bond acceptors (Lipinski definition) is 2. The number of piperidine rings is 1. The maximum Gasteiger partial charge on any atom is 0.418 e. The van der Waals surface area contributed by atoms with E-state index in [9.17, 15) is 26.3 Å².